The average Bonchev–Trinajstić information content (AvgIpc) is 2.32. The molecular weight excluding hydrogens is 266 g/mol. The minimum atomic E-state index is -0.870. The van der Waals surface area contributed by atoms with Crippen molar-refractivity contribution >= 4 is 23.8 Å². The van der Waals surface area contributed by atoms with Crippen molar-refractivity contribution in [3.63, 3.8) is 0 Å². The van der Waals surface area contributed by atoms with Crippen LogP contribution in [0.15, 0.2) is 0 Å². The summed E-state index contributed by atoms with van der Waals surface area (Å²) in [6.45, 7) is 1.76. The molecule has 0 saturated carbocycles. The molecule has 1 saturated heterocycles. The van der Waals surface area contributed by atoms with Gasteiger partial charge in [-0.25, -0.2) is 4.79 Å². The molecule has 0 aromatic carbocycles. The van der Waals surface area contributed by atoms with Crippen molar-refractivity contribution in [1.82, 2.24) is 16.0 Å². The minimum Gasteiger partial charge on any atom is -0.481 e. The summed E-state index contributed by atoms with van der Waals surface area (Å²) >= 11 is 0. The summed E-state index contributed by atoms with van der Waals surface area (Å²) in [6, 6.07) is -1.40. The first-order valence-corrected chi connectivity index (χ1v) is 6.51. The zero-order valence-corrected chi connectivity index (χ0v) is 11.3. The Kier molecular flexibility index (Phi) is 5.95. The third-order valence-corrected chi connectivity index (χ3v) is 2.95. The molecule has 0 aromatic rings. The molecule has 1 rings (SSSR count). The molecular formula is C12H19N3O5. The lowest BCUT2D eigenvalue weighted by molar-refractivity contribution is -0.137. The summed E-state index contributed by atoms with van der Waals surface area (Å²) in [5, 5.41) is 15.8. The van der Waals surface area contributed by atoms with Crippen molar-refractivity contribution < 1.29 is 24.3 Å². The van der Waals surface area contributed by atoms with E-state index >= 15 is 0 Å². The number of hydrogen-bond acceptors (Lipinski definition) is 4. The van der Waals surface area contributed by atoms with Crippen LogP contribution in [-0.4, -0.2) is 41.0 Å². The van der Waals surface area contributed by atoms with Crippen LogP contribution in [0, 0.1) is 0 Å². The highest BCUT2D eigenvalue weighted by molar-refractivity contribution is 6.01. The maximum Gasteiger partial charge on any atom is 0.315 e. The zero-order valence-electron chi connectivity index (χ0n) is 11.3. The second-order valence-corrected chi connectivity index (χ2v) is 4.81. The van der Waals surface area contributed by atoms with E-state index in [0.717, 1.165) is 0 Å². The Morgan fingerprint density at radius 3 is 2.75 bits per heavy atom. The molecule has 2 unspecified atom stereocenters. The number of amides is 4. The van der Waals surface area contributed by atoms with Crippen LogP contribution in [0.4, 0.5) is 4.79 Å². The number of hydrogen-bond donors (Lipinski definition) is 4. The van der Waals surface area contributed by atoms with Crippen LogP contribution in [0.5, 0.6) is 0 Å². The van der Waals surface area contributed by atoms with Gasteiger partial charge in [-0.3, -0.25) is 19.7 Å². The molecule has 1 fully saturated rings. The number of rotatable bonds is 6. The van der Waals surface area contributed by atoms with Gasteiger partial charge in [-0.05, 0) is 26.2 Å². The molecule has 0 radical (unpaired) electrons. The van der Waals surface area contributed by atoms with E-state index < -0.39 is 23.9 Å². The number of nitrogens with one attached hydrogen (secondary N) is 3. The van der Waals surface area contributed by atoms with Crippen LogP contribution in [0.3, 0.4) is 0 Å². The Morgan fingerprint density at radius 2 is 2.15 bits per heavy atom. The van der Waals surface area contributed by atoms with E-state index in [4.69, 9.17) is 5.11 Å². The molecule has 8 nitrogen and oxygen atoms in total. The molecule has 0 bridgehead atoms. The maximum atomic E-state index is 11.6. The predicted molar refractivity (Wildman–Crippen MR) is 68.8 cm³/mol. The Labute approximate surface area is 116 Å². The fourth-order valence-corrected chi connectivity index (χ4v) is 1.89. The second-order valence-electron chi connectivity index (χ2n) is 4.81. The van der Waals surface area contributed by atoms with Crippen molar-refractivity contribution in [3.05, 3.63) is 0 Å². The molecule has 1 aliphatic rings. The summed E-state index contributed by atoms with van der Waals surface area (Å²) in [4.78, 5) is 44.4. The molecule has 0 aromatic heterocycles. The molecule has 2 atom stereocenters. The van der Waals surface area contributed by atoms with Crippen LogP contribution in [-0.2, 0) is 14.4 Å². The number of piperidine rings is 1. The van der Waals surface area contributed by atoms with Gasteiger partial charge in [-0.2, -0.15) is 0 Å². The van der Waals surface area contributed by atoms with Crippen molar-refractivity contribution in [3.8, 4) is 0 Å². The Bertz CT molecular complexity index is 410. The highest BCUT2D eigenvalue weighted by Crippen LogP contribution is 2.04. The van der Waals surface area contributed by atoms with E-state index in [-0.39, 0.29) is 31.2 Å². The highest BCUT2D eigenvalue weighted by Gasteiger charge is 2.27. The number of carbonyl (C=O) groups is 4. The van der Waals surface area contributed by atoms with E-state index in [1.807, 2.05) is 0 Å². The number of urea groups is 1. The molecule has 0 aliphatic carbocycles. The maximum absolute atomic E-state index is 11.6. The van der Waals surface area contributed by atoms with E-state index in [1.54, 1.807) is 6.92 Å². The average molecular weight is 285 g/mol. The number of carboxylic acid groups (broad SMARTS) is 1. The first-order chi connectivity index (χ1) is 9.38. The monoisotopic (exact) mass is 285 g/mol. The molecule has 20 heavy (non-hydrogen) atoms. The van der Waals surface area contributed by atoms with E-state index in [9.17, 15) is 19.2 Å². The fourth-order valence-electron chi connectivity index (χ4n) is 1.89. The summed E-state index contributed by atoms with van der Waals surface area (Å²) in [5.74, 6) is -1.71. The summed E-state index contributed by atoms with van der Waals surface area (Å²) in [5.41, 5.74) is 0. The van der Waals surface area contributed by atoms with Gasteiger partial charge in [-0.15, -0.1) is 0 Å². The largest absolute Gasteiger partial charge is 0.481 e. The van der Waals surface area contributed by atoms with Crippen molar-refractivity contribution in [2.75, 3.05) is 0 Å². The third kappa shape index (κ3) is 5.68. The van der Waals surface area contributed by atoms with E-state index in [0.29, 0.717) is 12.8 Å². The molecule has 0 spiro atoms. The minimum absolute atomic E-state index is 0.0563. The zero-order chi connectivity index (χ0) is 15.1. The Balaban J connectivity index is 2.27. The Morgan fingerprint density at radius 1 is 1.45 bits per heavy atom. The normalized spacial score (nSPS) is 19.9. The van der Waals surface area contributed by atoms with Gasteiger partial charge in [-0.1, -0.05) is 0 Å². The van der Waals surface area contributed by atoms with Gasteiger partial charge in [0, 0.05) is 18.9 Å². The summed E-state index contributed by atoms with van der Waals surface area (Å²) < 4.78 is 0. The first kappa shape index (κ1) is 15.9. The van der Waals surface area contributed by atoms with Crippen LogP contribution in [0.1, 0.15) is 39.0 Å². The summed E-state index contributed by atoms with van der Waals surface area (Å²) in [7, 11) is 0. The molecule has 4 amide bonds. The van der Waals surface area contributed by atoms with Gasteiger partial charge < -0.3 is 15.7 Å². The lowest BCUT2D eigenvalue weighted by atomic mass is 10.1. The van der Waals surface area contributed by atoms with Crippen LogP contribution >= 0.6 is 0 Å². The van der Waals surface area contributed by atoms with Gasteiger partial charge in [0.25, 0.3) is 0 Å². The first-order valence-electron chi connectivity index (χ1n) is 6.51. The van der Waals surface area contributed by atoms with E-state index in [2.05, 4.69) is 16.0 Å². The lowest BCUT2D eigenvalue weighted by Crippen LogP contribution is -2.55. The fraction of sp³-hybridized carbons (Fsp3) is 0.667. The second kappa shape index (κ2) is 7.46. The van der Waals surface area contributed by atoms with Crippen LogP contribution in [0.25, 0.3) is 0 Å². The number of carboxylic acids is 1. The number of carbonyl (C=O) groups excluding carboxylic acids is 3. The van der Waals surface area contributed by atoms with Crippen LogP contribution in [0.2, 0.25) is 0 Å². The van der Waals surface area contributed by atoms with Crippen LogP contribution < -0.4 is 16.0 Å². The smallest absolute Gasteiger partial charge is 0.315 e. The molecule has 8 heteroatoms. The lowest BCUT2D eigenvalue weighted by Gasteiger charge is -2.23. The number of aliphatic carboxylic acids is 1. The van der Waals surface area contributed by atoms with E-state index in [1.165, 1.54) is 0 Å². The number of imide groups is 1. The predicted octanol–water partition coefficient (Wildman–Crippen LogP) is -0.266. The van der Waals surface area contributed by atoms with Gasteiger partial charge in [0.05, 0.1) is 0 Å². The topological polar surface area (TPSA) is 125 Å². The van der Waals surface area contributed by atoms with Crippen molar-refractivity contribution in [2.45, 2.75) is 51.1 Å². The Hall–Kier alpha value is -2.12. The van der Waals surface area contributed by atoms with Crippen molar-refractivity contribution in [1.29, 1.82) is 0 Å². The van der Waals surface area contributed by atoms with Crippen molar-refractivity contribution in [2.24, 2.45) is 0 Å². The van der Waals surface area contributed by atoms with Gasteiger partial charge >= 0.3 is 12.0 Å². The molecule has 1 aliphatic heterocycles. The molecule has 1 heterocycles. The van der Waals surface area contributed by atoms with Gasteiger partial charge in [0.15, 0.2) is 0 Å². The van der Waals surface area contributed by atoms with Gasteiger partial charge in [0.2, 0.25) is 11.8 Å². The standard InChI is InChI=1S/C12H19N3O5/c1-7(3-2-4-10(17)18)13-12(20)14-8-5-6-9(16)15-11(8)19/h7-8H,2-6H2,1H3,(H,17,18)(H2,13,14,20)(H,15,16,19). The quantitative estimate of drug-likeness (QED) is 0.500. The van der Waals surface area contributed by atoms with Gasteiger partial charge in [0.1, 0.15) is 6.04 Å². The molecule has 112 valence electrons. The summed E-state index contributed by atoms with van der Waals surface area (Å²) in [6.07, 6.45) is 1.54. The molecule has 4 N–H and O–H groups in total. The SMILES string of the molecule is CC(CCCC(=O)O)NC(=O)NC1CCC(=O)NC1=O. The highest BCUT2D eigenvalue weighted by atomic mass is 16.4. The third-order valence-electron chi connectivity index (χ3n) is 2.95.